The largest absolute Gasteiger partial charge is 0.283 e. The normalized spacial score (nSPS) is 13.8. The first-order valence-electron chi connectivity index (χ1n) is 2.96. The highest BCUT2D eigenvalue weighted by Gasteiger charge is 1.97. The molecule has 0 bridgehead atoms. The van der Waals surface area contributed by atoms with Crippen molar-refractivity contribution in [1.29, 1.82) is 5.41 Å². The van der Waals surface area contributed by atoms with Crippen molar-refractivity contribution in [3.8, 4) is 0 Å². The molecule has 2 heterocycles. The van der Waals surface area contributed by atoms with Gasteiger partial charge in [-0.1, -0.05) is 0 Å². The molecule has 0 aliphatic carbocycles. The van der Waals surface area contributed by atoms with Gasteiger partial charge in [-0.25, -0.2) is 4.99 Å². The van der Waals surface area contributed by atoms with E-state index in [0.717, 1.165) is 10.7 Å². The fourth-order valence-corrected chi connectivity index (χ4v) is 0.906. The van der Waals surface area contributed by atoms with E-state index in [9.17, 15) is 0 Å². The summed E-state index contributed by atoms with van der Waals surface area (Å²) in [5, 5.41) is 8.77. The third kappa shape index (κ3) is 0.639. The lowest BCUT2D eigenvalue weighted by molar-refractivity contribution is 1.20. The van der Waals surface area contributed by atoms with Crippen LogP contribution in [-0.4, -0.2) is 10.8 Å². The SMILES string of the molecule is N=C1C=c2ncccc2=N1. The molecule has 0 atom stereocenters. The molecular weight excluding hydrogens is 126 g/mol. The molecule has 0 radical (unpaired) electrons. The van der Waals surface area contributed by atoms with Gasteiger partial charge in [0.2, 0.25) is 0 Å². The second-order valence-corrected chi connectivity index (χ2v) is 2.05. The summed E-state index contributed by atoms with van der Waals surface area (Å²) >= 11 is 0. The van der Waals surface area contributed by atoms with E-state index in [0.29, 0.717) is 0 Å². The van der Waals surface area contributed by atoms with Crippen molar-refractivity contribution in [3.05, 3.63) is 29.0 Å². The van der Waals surface area contributed by atoms with Crippen LogP contribution in [0.15, 0.2) is 23.3 Å². The molecule has 2 rings (SSSR count). The summed E-state index contributed by atoms with van der Waals surface area (Å²) in [5.41, 5.74) is 0. The fourth-order valence-electron chi connectivity index (χ4n) is 0.906. The van der Waals surface area contributed by atoms with E-state index in [1.807, 2.05) is 12.1 Å². The molecule has 0 unspecified atom stereocenters. The van der Waals surface area contributed by atoms with Gasteiger partial charge in [-0.15, -0.1) is 0 Å². The first-order chi connectivity index (χ1) is 4.86. The summed E-state index contributed by atoms with van der Waals surface area (Å²) < 4.78 is 0. The van der Waals surface area contributed by atoms with Crippen molar-refractivity contribution in [2.45, 2.75) is 0 Å². The Labute approximate surface area is 57.3 Å². The molecule has 1 aliphatic rings. The van der Waals surface area contributed by atoms with Crippen molar-refractivity contribution >= 4 is 11.9 Å². The Balaban J connectivity index is 2.96. The molecule has 3 heteroatoms. The molecule has 10 heavy (non-hydrogen) atoms. The topological polar surface area (TPSA) is 49.1 Å². The maximum absolute atomic E-state index is 7.17. The number of nitrogens with zero attached hydrogens (tertiary/aromatic N) is 2. The number of aromatic nitrogens is 1. The zero-order valence-corrected chi connectivity index (χ0v) is 5.20. The standard InChI is InChI=1S/C7H5N3/c8-7-4-6-5(10-7)2-1-3-9-6/h1-4,8H. The van der Waals surface area contributed by atoms with Crippen LogP contribution in [0.2, 0.25) is 0 Å². The Bertz CT molecular complexity index is 355. The van der Waals surface area contributed by atoms with Crippen LogP contribution < -0.4 is 10.7 Å². The second-order valence-electron chi connectivity index (χ2n) is 2.05. The van der Waals surface area contributed by atoms with Crippen LogP contribution in [0.1, 0.15) is 0 Å². The van der Waals surface area contributed by atoms with Crippen molar-refractivity contribution < 1.29 is 0 Å². The molecular formula is C7H5N3. The number of amidine groups is 1. The zero-order chi connectivity index (χ0) is 6.97. The number of hydrogen-bond acceptors (Lipinski definition) is 2. The number of pyridine rings is 1. The van der Waals surface area contributed by atoms with Gasteiger partial charge in [0.25, 0.3) is 0 Å². The smallest absolute Gasteiger partial charge is 0.147 e. The van der Waals surface area contributed by atoms with E-state index in [-0.39, 0.29) is 5.84 Å². The van der Waals surface area contributed by atoms with E-state index in [4.69, 9.17) is 5.41 Å². The molecule has 1 N–H and O–H groups in total. The molecule has 3 nitrogen and oxygen atoms in total. The number of nitrogens with one attached hydrogen (secondary N) is 1. The summed E-state index contributed by atoms with van der Waals surface area (Å²) in [7, 11) is 0. The molecule has 1 aromatic rings. The van der Waals surface area contributed by atoms with E-state index in [1.54, 1.807) is 12.3 Å². The lowest BCUT2D eigenvalue weighted by Crippen LogP contribution is -2.23. The summed E-state index contributed by atoms with van der Waals surface area (Å²) in [6, 6.07) is 3.66. The van der Waals surface area contributed by atoms with Gasteiger partial charge in [-0.3, -0.25) is 10.4 Å². The van der Waals surface area contributed by atoms with Gasteiger partial charge in [0.05, 0.1) is 10.7 Å². The molecule has 0 amide bonds. The third-order valence-corrected chi connectivity index (χ3v) is 1.33. The summed E-state index contributed by atoms with van der Waals surface area (Å²) in [5.74, 6) is 0.286. The minimum absolute atomic E-state index is 0.286. The minimum atomic E-state index is 0.286. The Morgan fingerprint density at radius 2 is 2.30 bits per heavy atom. The summed E-state index contributed by atoms with van der Waals surface area (Å²) in [4.78, 5) is 7.94. The van der Waals surface area contributed by atoms with Crippen molar-refractivity contribution in [2.24, 2.45) is 4.99 Å². The minimum Gasteiger partial charge on any atom is -0.283 e. The number of fused-ring (bicyclic) bond motifs is 1. The van der Waals surface area contributed by atoms with Gasteiger partial charge in [0.15, 0.2) is 0 Å². The molecule has 0 fully saturated rings. The first kappa shape index (κ1) is 5.29. The molecule has 1 aromatic heterocycles. The van der Waals surface area contributed by atoms with E-state index in [1.165, 1.54) is 0 Å². The highest BCUT2D eigenvalue weighted by Crippen LogP contribution is 1.80. The zero-order valence-electron chi connectivity index (χ0n) is 5.20. The Kier molecular flexibility index (Phi) is 0.917. The molecule has 48 valence electrons. The van der Waals surface area contributed by atoms with Crippen LogP contribution in [-0.2, 0) is 0 Å². The fraction of sp³-hybridized carbons (Fsp3) is 0. The Morgan fingerprint density at radius 3 is 3.10 bits per heavy atom. The predicted molar refractivity (Wildman–Crippen MR) is 37.2 cm³/mol. The third-order valence-electron chi connectivity index (χ3n) is 1.33. The molecule has 0 saturated carbocycles. The number of rotatable bonds is 0. The van der Waals surface area contributed by atoms with E-state index >= 15 is 0 Å². The van der Waals surface area contributed by atoms with Crippen LogP contribution in [0.25, 0.3) is 6.08 Å². The maximum atomic E-state index is 7.17. The van der Waals surface area contributed by atoms with Crippen molar-refractivity contribution in [2.75, 3.05) is 0 Å². The summed E-state index contributed by atoms with van der Waals surface area (Å²) in [6.07, 6.45) is 3.35. The average molecular weight is 131 g/mol. The van der Waals surface area contributed by atoms with Crippen LogP contribution in [0.3, 0.4) is 0 Å². The highest BCUT2D eigenvalue weighted by atomic mass is 14.8. The second kappa shape index (κ2) is 1.73. The van der Waals surface area contributed by atoms with Gasteiger partial charge in [0, 0.05) is 12.3 Å². The van der Waals surface area contributed by atoms with Gasteiger partial charge >= 0.3 is 0 Å². The Morgan fingerprint density at radius 1 is 1.40 bits per heavy atom. The van der Waals surface area contributed by atoms with Crippen molar-refractivity contribution in [1.82, 2.24) is 4.98 Å². The first-order valence-corrected chi connectivity index (χ1v) is 2.96. The van der Waals surface area contributed by atoms with E-state index < -0.39 is 0 Å². The quantitative estimate of drug-likeness (QED) is 0.505. The lowest BCUT2D eigenvalue weighted by atomic mass is 10.4. The lowest BCUT2D eigenvalue weighted by Gasteiger charge is -1.77. The van der Waals surface area contributed by atoms with Crippen LogP contribution in [0, 0.1) is 5.41 Å². The van der Waals surface area contributed by atoms with E-state index in [2.05, 4.69) is 9.98 Å². The van der Waals surface area contributed by atoms with Gasteiger partial charge in [0.1, 0.15) is 5.84 Å². The monoisotopic (exact) mass is 131 g/mol. The molecule has 0 saturated heterocycles. The molecule has 0 spiro atoms. The van der Waals surface area contributed by atoms with Gasteiger partial charge in [-0.2, -0.15) is 0 Å². The van der Waals surface area contributed by atoms with Gasteiger partial charge < -0.3 is 0 Å². The van der Waals surface area contributed by atoms with Gasteiger partial charge in [-0.05, 0) is 12.1 Å². The average Bonchev–Trinajstić information content (AvgIpc) is 2.27. The van der Waals surface area contributed by atoms with Crippen LogP contribution in [0.4, 0.5) is 0 Å². The maximum Gasteiger partial charge on any atom is 0.147 e. The highest BCUT2D eigenvalue weighted by molar-refractivity contribution is 6.08. The molecule has 0 aromatic carbocycles. The summed E-state index contributed by atoms with van der Waals surface area (Å²) in [6.45, 7) is 0. The number of hydrogen-bond donors (Lipinski definition) is 1. The molecule has 1 aliphatic heterocycles. The van der Waals surface area contributed by atoms with Crippen LogP contribution >= 0.6 is 0 Å². The van der Waals surface area contributed by atoms with Crippen molar-refractivity contribution in [3.63, 3.8) is 0 Å². The van der Waals surface area contributed by atoms with Crippen LogP contribution in [0.5, 0.6) is 0 Å². The predicted octanol–water partition coefficient (Wildman–Crippen LogP) is -0.527. The Hall–Kier alpha value is -1.51.